The van der Waals surface area contributed by atoms with Crippen LogP contribution in [-0.2, 0) is 32.3 Å². The van der Waals surface area contributed by atoms with Gasteiger partial charge in [-0.15, -0.1) is 0 Å². The minimum absolute atomic E-state index is 0.0567. The van der Waals surface area contributed by atoms with Crippen molar-refractivity contribution in [2.24, 2.45) is 0 Å². The third-order valence-electron chi connectivity index (χ3n) is 3.37. The van der Waals surface area contributed by atoms with Gasteiger partial charge in [0.1, 0.15) is 10.6 Å². The van der Waals surface area contributed by atoms with Crippen LogP contribution in [0.15, 0.2) is 46.2 Å². The summed E-state index contributed by atoms with van der Waals surface area (Å²) < 4.78 is 130. The van der Waals surface area contributed by atoms with Crippen LogP contribution in [0.25, 0.3) is 0 Å². The van der Waals surface area contributed by atoms with E-state index < -0.39 is 64.0 Å². The first-order chi connectivity index (χ1) is 12.9. The van der Waals surface area contributed by atoms with Crippen molar-refractivity contribution in [1.82, 2.24) is 0 Å². The smallest absolute Gasteiger partial charge is 0.379 e. The topological polar surface area (TPSA) is 77.5 Å². The number of sulfone groups is 1. The van der Waals surface area contributed by atoms with Gasteiger partial charge in [0.05, 0.1) is 21.0 Å². The Kier molecular flexibility index (Phi) is 5.91. The maximum atomic E-state index is 12.9. The number of hydrogen-bond acceptors (Lipinski definition) is 5. The van der Waals surface area contributed by atoms with Gasteiger partial charge in [-0.2, -0.15) is 34.8 Å². The molecule has 0 unspecified atom stereocenters. The molecule has 0 aliphatic heterocycles. The fraction of sp³-hybridized carbons (Fsp3) is 0.200. The summed E-state index contributed by atoms with van der Waals surface area (Å²) in [6.07, 6.45) is -9.70. The summed E-state index contributed by atoms with van der Waals surface area (Å²) in [7, 11) is -8.99. The Bertz CT molecular complexity index is 1120. The lowest BCUT2D eigenvalue weighted by molar-refractivity contribution is -0.143. The van der Waals surface area contributed by atoms with E-state index in [0.29, 0.717) is 6.07 Å². The van der Waals surface area contributed by atoms with Crippen LogP contribution in [0.3, 0.4) is 0 Å². The third kappa shape index (κ3) is 5.54. The molecular formula is C15H9ClF6O5S2. The van der Waals surface area contributed by atoms with Gasteiger partial charge in [-0.3, -0.25) is 0 Å². The Morgan fingerprint density at radius 1 is 0.828 bits per heavy atom. The lowest BCUT2D eigenvalue weighted by Gasteiger charge is -2.15. The largest absolute Gasteiger partial charge is 0.416 e. The lowest BCUT2D eigenvalue weighted by Crippen LogP contribution is -2.15. The molecule has 0 heterocycles. The second-order valence-corrected chi connectivity index (χ2v) is 9.58. The maximum Gasteiger partial charge on any atom is 0.416 e. The molecule has 0 aliphatic carbocycles. The molecule has 0 atom stereocenters. The van der Waals surface area contributed by atoms with Gasteiger partial charge in [0.2, 0.25) is 0 Å². The quantitative estimate of drug-likeness (QED) is 0.472. The molecule has 2 aromatic rings. The predicted octanol–water partition coefficient (Wildman–Crippen LogP) is 4.55. The predicted molar refractivity (Wildman–Crippen MR) is 88.8 cm³/mol. The molecule has 0 amide bonds. The summed E-state index contributed by atoms with van der Waals surface area (Å²) in [5, 5.41) is -0.555. The van der Waals surface area contributed by atoms with E-state index in [1.807, 2.05) is 0 Å². The number of hydrogen-bond donors (Lipinski definition) is 0. The SMILES string of the molecule is CS(=O)(=O)c1ccc(Cl)c(S(=O)(=O)Oc2cc(C(F)(F)F)cc(C(F)(F)F)c2)c1. The molecule has 0 saturated heterocycles. The van der Waals surface area contributed by atoms with Crippen molar-refractivity contribution in [3.63, 3.8) is 0 Å². The van der Waals surface area contributed by atoms with Crippen molar-refractivity contribution < 1.29 is 47.4 Å². The van der Waals surface area contributed by atoms with Crippen LogP contribution in [0.1, 0.15) is 11.1 Å². The van der Waals surface area contributed by atoms with Crippen LogP contribution in [0, 0.1) is 0 Å². The number of rotatable bonds is 4. The molecule has 0 aliphatic rings. The molecule has 0 radical (unpaired) electrons. The molecule has 0 bridgehead atoms. The van der Waals surface area contributed by atoms with Crippen molar-refractivity contribution in [1.29, 1.82) is 0 Å². The van der Waals surface area contributed by atoms with Crippen molar-refractivity contribution in [2.75, 3.05) is 6.26 Å². The molecule has 2 rings (SSSR count). The van der Waals surface area contributed by atoms with Gasteiger partial charge in [0.15, 0.2) is 9.84 Å². The van der Waals surface area contributed by atoms with Gasteiger partial charge >= 0.3 is 22.5 Å². The van der Waals surface area contributed by atoms with Crippen molar-refractivity contribution in [2.45, 2.75) is 22.1 Å². The Morgan fingerprint density at radius 3 is 1.72 bits per heavy atom. The second kappa shape index (κ2) is 7.36. The van der Waals surface area contributed by atoms with E-state index in [0.717, 1.165) is 18.4 Å². The molecule has 160 valence electrons. The van der Waals surface area contributed by atoms with E-state index in [4.69, 9.17) is 11.6 Å². The van der Waals surface area contributed by atoms with Crippen LogP contribution >= 0.6 is 11.6 Å². The number of benzene rings is 2. The van der Waals surface area contributed by atoms with Crippen LogP contribution in [0.4, 0.5) is 26.3 Å². The Balaban J connectivity index is 2.61. The summed E-state index contributed by atoms with van der Waals surface area (Å²) in [5.41, 5.74) is -3.60. The fourth-order valence-electron chi connectivity index (χ4n) is 2.05. The van der Waals surface area contributed by atoms with Crippen LogP contribution in [0.5, 0.6) is 5.75 Å². The van der Waals surface area contributed by atoms with Gasteiger partial charge < -0.3 is 4.18 Å². The second-order valence-electron chi connectivity index (χ2n) is 5.64. The molecule has 0 N–H and O–H groups in total. The van der Waals surface area contributed by atoms with Crippen molar-refractivity contribution in [3.8, 4) is 5.75 Å². The van der Waals surface area contributed by atoms with Crippen molar-refractivity contribution >= 4 is 31.6 Å². The fourth-order valence-corrected chi connectivity index (χ4v) is 4.19. The lowest BCUT2D eigenvalue weighted by atomic mass is 10.1. The summed E-state index contributed by atoms with van der Waals surface area (Å²) in [6.45, 7) is 0. The summed E-state index contributed by atoms with van der Waals surface area (Å²) in [5.74, 6) is -1.28. The number of halogens is 7. The molecular weight excluding hydrogens is 474 g/mol. The number of alkyl halides is 6. The molecule has 29 heavy (non-hydrogen) atoms. The average Bonchev–Trinajstić information content (AvgIpc) is 2.51. The van der Waals surface area contributed by atoms with E-state index in [-0.39, 0.29) is 18.2 Å². The highest BCUT2D eigenvalue weighted by Gasteiger charge is 2.38. The standard InChI is InChI=1S/C15H9ClF6O5S2/c1-28(23,24)11-2-3-12(16)13(7-11)29(25,26)27-10-5-8(14(17,18)19)4-9(6-10)15(20,21)22/h2-7H,1H3. The highest BCUT2D eigenvalue weighted by molar-refractivity contribution is 7.90. The Labute approximate surface area is 165 Å². The first-order valence-electron chi connectivity index (χ1n) is 7.15. The van der Waals surface area contributed by atoms with Gasteiger partial charge in [-0.25, -0.2) is 8.42 Å². The molecule has 5 nitrogen and oxygen atoms in total. The van der Waals surface area contributed by atoms with Gasteiger partial charge in [-0.1, -0.05) is 11.6 Å². The third-order valence-corrected chi connectivity index (χ3v) is 6.21. The minimum atomic E-state index is -5.23. The van der Waals surface area contributed by atoms with Crippen LogP contribution in [0.2, 0.25) is 5.02 Å². The van der Waals surface area contributed by atoms with E-state index >= 15 is 0 Å². The summed E-state index contributed by atoms with van der Waals surface area (Å²) in [4.78, 5) is -1.46. The molecule has 0 aromatic heterocycles. The summed E-state index contributed by atoms with van der Waals surface area (Å²) >= 11 is 5.69. The summed E-state index contributed by atoms with van der Waals surface area (Å²) in [6, 6.07) is 2.31. The van der Waals surface area contributed by atoms with E-state index in [2.05, 4.69) is 4.18 Å². The molecule has 0 saturated carbocycles. The zero-order chi connectivity index (χ0) is 22.4. The van der Waals surface area contributed by atoms with Crippen molar-refractivity contribution in [3.05, 3.63) is 52.5 Å². The zero-order valence-electron chi connectivity index (χ0n) is 14.0. The first kappa shape index (κ1) is 23.3. The van der Waals surface area contributed by atoms with Gasteiger partial charge in [0.25, 0.3) is 0 Å². The van der Waals surface area contributed by atoms with E-state index in [1.54, 1.807) is 0 Å². The van der Waals surface area contributed by atoms with E-state index in [9.17, 15) is 43.2 Å². The van der Waals surface area contributed by atoms with E-state index in [1.165, 1.54) is 0 Å². The highest BCUT2D eigenvalue weighted by atomic mass is 35.5. The van der Waals surface area contributed by atoms with Crippen LogP contribution < -0.4 is 4.18 Å². The van der Waals surface area contributed by atoms with Gasteiger partial charge in [0, 0.05) is 6.26 Å². The Morgan fingerprint density at radius 2 is 1.31 bits per heavy atom. The highest BCUT2D eigenvalue weighted by Crippen LogP contribution is 2.39. The minimum Gasteiger partial charge on any atom is -0.379 e. The normalized spacial score (nSPS) is 13.4. The van der Waals surface area contributed by atoms with Gasteiger partial charge in [-0.05, 0) is 36.4 Å². The monoisotopic (exact) mass is 482 g/mol. The average molecular weight is 483 g/mol. The zero-order valence-corrected chi connectivity index (χ0v) is 16.4. The Hall–Kier alpha value is -1.99. The first-order valence-corrected chi connectivity index (χ1v) is 10.8. The molecule has 14 heteroatoms. The van der Waals surface area contributed by atoms with Crippen LogP contribution in [-0.4, -0.2) is 23.1 Å². The molecule has 2 aromatic carbocycles. The maximum absolute atomic E-state index is 12.9. The molecule has 0 fully saturated rings. The molecule has 0 spiro atoms.